The standard InChI is InChI=1S/C30H50O25/c31-1-6-12(37)17(42)24-28(48-6)52-22-15(40)10(5-35)46-26(20(22)45)51-21-14(39)9(4-34)47-27(19(21)44)53-23-16(41)11(36)7(2-32)49-29(23)55-25-18(43)13(38)8(3-33)50-30(25)54-24/h6-45H,1-5H2/t6-,7-,8-,9-,10-,11-,12-,13-,14-,15-,16+,17+,18+,19+,20+,21+,22+,23+,24+,25+,26-,27-,28-,29-,30-/m1/s1. The Morgan fingerprint density at radius 2 is 0.436 bits per heavy atom. The molecular formula is C30H50O25. The average molecular weight is 811 g/mol. The Kier molecular flexibility index (Phi) is 14.3. The van der Waals surface area contributed by atoms with Crippen LogP contribution in [0.1, 0.15) is 0 Å². The van der Waals surface area contributed by atoms with Crippen molar-refractivity contribution in [1.82, 2.24) is 0 Å². The molecule has 0 aliphatic carbocycles. The molecule has 15 N–H and O–H groups in total. The zero-order valence-corrected chi connectivity index (χ0v) is 28.8. The SMILES string of the molecule is OC[C@H]1O[C@@H]2O[C@@H]3[C@@H](O[C@@H]4[C@@H](O[C@@H]5[C@H](O)[C@@H](O[C@@H]6[C@H](O)[C@@H](O[C@H]2[C@@H](O)[C@@H]1O)O[C@H](CO)[C@H]6O)O[C@H](CO)[C@H]5O)O[C@H](CO)[C@@H](O)[C@@H]4O)O[C@H](CO)[C@@H](O)[C@@H]3O. The summed E-state index contributed by atoms with van der Waals surface area (Å²) in [4.78, 5) is 0. The minimum absolute atomic E-state index is 0.925. The molecule has 25 nitrogen and oxygen atoms in total. The molecule has 55 heavy (non-hydrogen) atoms. The summed E-state index contributed by atoms with van der Waals surface area (Å²) < 4.78 is 57.5. The maximum atomic E-state index is 11.5. The third-order valence-corrected chi connectivity index (χ3v) is 10.6. The van der Waals surface area contributed by atoms with E-state index in [1.807, 2.05) is 0 Å². The Bertz CT molecular complexity index is 1220. The number of rotatable bonds is 5. The summed E-state index contributed by atoms with van der Waals surface area (Å²) in [5, 5.41) is 161. The molecule has 6 saturated heterocycles. The van der Waals surface area contributed by atoms with Crippen molar-refractivity contribution in [2.75, 3.05) is 33.0 Å². The minimum Gasteiger partial charge on any atom is -0.394 e. The first-order valence-corrected chi connectivity index (χ1v) is 17.6. The molecule has 0 saturated carbocycles. The van der Waals surface area contributed by atoms with E-state index in [1.165, 1.54) is 0 Å². The second-order valence-corrected chi connectivity index (χ2v) is 14.0. The van der Waals surface area contributed by atoms with Crippen molar-refractivity contribution < 1.29 is 124 Å². The number of aliphatic hydroxyl groups excluding tert-OH is 15. The highest BCUT2D eigenvalue weighted by Crippen LogP contribution is 2.38. The maximum absolute atomic E-state index is 11.5. The van der Waals surface area contributed by atoms with Crippen LogP contribution in [0.5, 0.6) is 0 Å². The van der Waals surface area contributed by atoms with Crippen LogP contribution in [0.3, 0.4) is 0 Å². The number of hydrogen-bond acceptors (Lipinski definition) is 25. The number of aliphatic hydroxyl groups is 15. The Labute approximate surface area is 310 Å². The smallest absolute Gasteiger partial charge is 0.187 e. The lowest BCUT2D eigenvalue weighted by Gasteiger charge is -2.50. The fourth-order valence-electron chi connectivity index (χ4n) is 7.36. The van der Waals surface area contributed by atoms with Gasteiger partial charge in [0.25, 0.3) is 0 Å². The van der Waals surface area contributed by atoms with Crippen LogP contribution in [0.25, 0.3) is 0 Å². The van der Waals surface area contributed by atoms with Crippen molar-refractivity contribution in [3.63, 3.8) is 0 Å². The molecule has 25 heteroatoms. The largest absolute Gasteiger partial charge is 0.394 e. The van der Waals surface area contributed by atoms with Gasteiger partial charge in [-0.3, -0.25) is 0 Å². The summed E-state index contributed by atoms with van der Waals surface area (Å²) in [5.74, 6) is 0. The lowest BCUT2D eigenvalue weighted by atomic mass is 9.95. The number of hydrogen-bond donors (Lipinski definition) is 15. The average Bonchev–Trinajstić information content (AvgIpc) is 3.17. The van der Waals surface area contributed by atoms with Crippen molar-refractivity contribution in [1.29, 1.82) is 0 Å². The quantitative estimate of drug-likeness (QED) is 0.123. The van der Waals surface area contributed by atoms with Gasteiger partial charge in [-0.05, 0) is 0 Å². The second kappa shape index (κ2) is 18.1. The van der Waals surface area contributed by atoms with Crippen molar-refractivity contribution in [2.45, 2.75) is 154 Å². The van der Waals surface area contributed by atoms with Crippen LogP contribution < -0.4 is 0 Å². The van der Waals surface area contributed by atoms with Crippen molar-refractivity contribution >= 4 is 0 Å². The topological polar surface area (TPSA) is 396 Å². The summed E-state index contributed by atoms with van der Waals surface area (Å²) in [5.41, 5.74) is 0. The van der Waals surface area contributed by atoms with Crippen LogP contribution in [0.2, 0.25) is 0 Å². The second-order valence-electron chi connectivity index (χ2n) is 14.0. The Hall–Kier alpha value is -1.00. The van der Waals surface area contributed by atoms with Gasteiger partial charge in [0.2, 0.25) is 0 Å². The van der Waals surface area contributed by atoms with Gasteiger partial charge in [-0.25, -0.2) is 0 Å². The fraction of sp³-hybridized carbons (Fsp3) is 1.00. The van der Waals surface area contributed by atoms with Crippen LogP contribution >= 0.6 is 0 Å². The molecule has 6 aliphatic heterocycles. The van der Waals surface area contributed by atoms with E-state index in [4.69, 9.17) is 47.4 Å². The van der Waals surface area contributed by atoms with Crippen LogP contribution in [0.4, 0.5) is 0 Å². The van der Waals surface area contributed by atoms with E-state index in [2.05, 4.69) is 0 Å². The van der Waals surface area contributed by atoms with E-state index >= 15 is 0 Å². The van der Waals surface area contributed by atoms with Crippen LogP contribution in [-0.4, -0.2) is 263 Å². The molecule has 6 heterocycles. The third-order valence-electron chi connectivity index (χ3n) is 10.6. The van der Waals surface area contributed by atoms with Gasteiger partial charge in [-0.15, -0.1) is 0 Å². The Morgan fingerprint density at radius 3 is 0.727 bits per heavy atom. The fourth-order valence-corrected chi connectivity index (χ4v) is 7.36. The minimum atomic E-state index is -2.12. The lowest BCUT2D eigenvalue weighted by molar-refractivity contribution is -0.407. The van der Waals surface area contributed by atoms with Gasteiger partial charge in [0, 0.05) is 0 Å². The summed E-state index contributed by atoms with van der Waals surface area (Å²) in [6.45, 7) is -4.68. The lowest BCUT2D eigenvalue weighted by Crippen LogP contribution is -2.68. The molecule has 0 aromatic carbocycles. The maximum Gasteiger partial charge on any atom is 0.187 e. The normalized spacial score (nSPS) is 55.4. The van der Waals surface area contributed by atoms with Gasteiger partial charge in [0.05, 0.1) is 33.0 Å². The molecule has 320 valence electrons. The zero-order chi connectivity index (χ0) is 40.0. The monoisotopic (exact) mass is 810 g/mol. The molecule has 6 rings (SSSR count). The molecule has 25 atom stereocenters. The van der Waals surface area contributed by atoms with E-state index in [9.17, 15) is 76.6 Å². The molecule has 0 spiro atoms. The molecule has 4 bridgehead atoms. The molecule has 0 radical (unpaired) electrons. The summed E-state index contributed by atoms with van der Waals surface area (Å²) >= 11 is 0. The van der Waals surface area contributed by atoms with Gasteiger partial charge in [0.15, 0.2) is 31.5 Å². The van der Waals surface area contributed by atoms with Gasteiger partial charge in [-0.1, -0.05) is 0 Å². The van der Waals surface area contributed by atoms with Gasteiger partial charge in [-0.2, -0.15) is 0 Å². The molecule has 0 aromatic heterocycles. The van der Waals surface area contributed by atoms with Gasteiger partial charge in [0.1, 0.15) is 122 Å². The van der Waals surface area contributed by atoms with E-state index in [1.54, 1.807) is 0 Å². The first-order valence-electron chi connectivity index (χ1n) is 17.6. The third kappa shape index (κ3) is 8.28. The van der Waals surface area contributed by atoms with Crippen LogP contribution in [0.15, 0.2) is 0 Å². The van der Waals surface area contributed by atoms with E-state index < -0.39 is 187 Å². The van der Waals surface area contributed by atoms with Crippen molar-refractivity contribution in [2.24, 2.45) is 0 Å². The highest BCUT2D eigenvalue weighted by atomic mass is 16.8. The Balaban J connectivity index is 1.47. The number of fused-ring (bicyclic) bond motifs is 7. The van der Waals surface area contributed by atoms with Crippen molar-refractivity contribution in [3.8, 4) is 0 Å². The first-order chi connectivity index (χ1) is 26.2. The van der Waals surface area contributed by atoms with Crippen molar-refractivity contribution in [3.05, 3.63) is 0 Å². The van der Waals surface area contributed by atoms with Gasteiger partial charge < -0.3 is 124 Å². The first kappa shape index (κ1) is 43.6. The zero-order valence-electron chi connectivity index (χ0n) is 28.8. The van der Waals surface area contributed by atoms with E-state index in [0.29, 0.717) is 0 Å². The molecule has 6 fully saturated rings. The summed E-state index contributed by atoms with van der Waals surface area (Å²) in [6.07, 6.45) is -48.1. The van der Waals surface area contributed by atoms with Crippen LogP contribution in [0, 0.1) is 0 Å². The summed E-state index contributed by atoms with van der Waals surface area (Å²) in [6, 6.07) is 0. The predicted octanol–water partition coefficient (Wildman–Crippen LogP) is -10.9. The molecule has 6 aliphatic rings. The van der Waals surface area contributed by atoms with E-state index in [0.717, 1.165) is 0 Å². The Morgan fingerprint density at radius 1 is 0.218 bits per heavy atom. The van der Waals surface area contributed by atoms with Crippen LogP contribution in [-0.2, 0) is 47.4 Å². The van der Waals surface area contributed by atoms with Gasteiger partial charge >= 0.3 is 0 Å². The van der Waals surface area contributed by atoms with E-state index in [-0.39, 0.29) is 0 Å². The highest BCUT2D eigenvalue weighted by Gasteiger charge is 2.58. The molecule has 0 amide bonds. The molecule has 0 aromatic rings. The molecular weight excluding hydrogens is 760 g/mol. The summed E-state index contributed by atoms with van der Waals surface area (Å²) in [7, 11) is 0. The molecule has 0 unspecified atom stereocenters. The predicted molar refractivity (Wildman–Crippen MR) is 163 cm³/mol. The number of ether oxygens (including phenoxy) is 10. The highest BCUT2D eigenvalue weighted by molar-refractivity contribution is 5.00.